The van der Waals surface area contributed by atoms with Gasteiger partial charge in [0.25, 0.3) is 0 Å². The minimum Gasteiger partial charge on any atom is -0.481 e. The van der Waals surface area contributed by atoms with Gasteiger partial charge >= 0.3 is 5.97 Å². The Hall–Kier alpha value is -1.84. The number of carbonyl (C=O) groups excluding carboxylic acids is 1. The number of benzene rings is 1. The van der Waals surface area contributed by atoms with Gasteiger partial charge in [-0.1, -0.05) is 50.6 Å². The first kappa shape index (κ1) is 17.2. The summed E-state index contributed by atoms with van der Waals surface area (Å²) in [6, 6.07) is 7.70. The van der Waals surface area contributed by atoms with Gasteiger partial charge in [0.05, 0.1) is 6.42 Å². The number of amides is 1. The predicted molar refractivity (Wildman–Crippen MR) is 83.1 cm³/mol. The highest BCUT2D eigenvalue weighted by molar-refractivity contribution is 5.77. The zero-order chi connectivity index (χ0) is 16.0. The van der Waals surface area contributed by atoms with E-state index in [0.717, 1.165) is 5.56 Å². The van der Waals surface area contributed by atoms with Crippen molar-refractivity contribution in [2.75, 3.05) is 0 Å². The molecule has 0 bridgehead atoms. The van der Waals surface area contributed by atoms with Crippen LogP contribution in [0.3, 0.4) is 0 Å². The average molecular weight is 291 g/mol. The molecule has 0 aliphatic carbocycles. The van der Waals surface area contributed by atoms with Crippen LogP contribution in [0.25, 0.3) is 0 Å². The average Bonchev–Trinajstić information content (AvgIpc) is 2.34. The highest BCUT2D eigenvalue weighted by Gasteiger charge is 2.28. The lowest BCUT2D eigenvalue weighted by molar-refractivity contribution is -0.138. The lowest BCUT2D eigenvalue weighted by Crippen LogP contribution is -2.45. The fourth-order valence-corrected chi connectivity index (χ4v) is 2.14. The summed E-state index contributed by atoms with van der Waals surface area (Å²) in [6.07, 6.45) is 0.979. The summed E-state index contributed by atoms with van der Waals surface area (Å²) in [7, 11) is 0. The Labute approximate surface area is 126 Å². The molecule has 4 heteroatoms. The van der Waals surface area contributed by atoms with Crippen molar-refractivity contribution in [1.29, 1.82) is 0 Å². The molecule has 21 heavy (non-hydrogen) atoms. The van der Waals surface area contributed by atoms with Crippen LogP contribution < -0.4 is 5.32 Å². The fourth-order valence-electron chi connectivity index (χ4n) is 2.14. The van der Waals surface area contributed by atoms with E-state index in [-0.39, 0.29) is 23.8 Å². The van der Waals surface area contributed by atoms with E-state index in [1.54, 1.807) is 0 Å². The number of nitrogens with one attached hydrogen (secondary N) is 1. The van der Waals surface area contributed by atoms with Crippen molar-refractivity contribution < 1.29 is 14.7 Å². The minimum absolute atomic E-state index is 0.0559. The summed E-state index contributed by atoms with van der Waals surface area (Å²) in [5.41, 5.74) is 2.01. The van der Waals surface area contributed by atoms with Crippen molar-refractivity contribution in [1.82, 2.24) is 5.32 Å². The number of carboxylic acids is 1. The Morgan fingerprint density at radius 3 is 2.48 bits per heavy atom. The van der Waals surface area contributed by atoms with Gasteiger partial charge in [-0.15, -0.1) is 0 Å². The summed E-state index contributed by atoms with van der Waals surface area (Å²) in [4.78, 5) is 22.9. The Morgan fingerprint density at radius 2 is 1.95 bits per heavy atom. The van der Waals surface area contributed by atoms with Gasteiger partial charge in [-0.2, -0.15) is 0 Å². The van der Waals surface area contributed by atoms with Crippen LogP contribution >= 0.6 is 0 Å². The first-order valence-electron chi connectivity index (χ1n) is 7.25. The van der Waals surface area contributed by atoms with Crippen LogP contribution in [0, 0.1) is 12.3 Å². The number of carbonyl (C=O) groups is 2. The monoisotopic (exact) mass is 291 g/mol. The molecule has 4 nitrogen and oxygen atoms in total. The van der Waals surface area contributed by atoms with Crippen molar-refractivity contribution in [2.24, 2.45) is 5.41 Å². The maximum Gasteiger partial charge on any atom is 0.305 e. The van der Waals surface area contributed by atoms with Crippen molar-refractivity contribution in [2.45, 2.75) is 53.0 Å². The van der Waals surface area contributed by atoms with E-state index >= 15 is 0 Å². The van der Waals surface area contributed by atoms with E-state index in [4.69, 9.17) is 5.11 Å². The molecule has 1 aromatic carbocycles. The summed E-state index contributed by atoms with van der Waals surface area (Å²) >= 11 is 0. The summed E-state index contributed by atoms with van der Waals surface area (Å²) in [5, 5.41) is 11.8. The van der Waals surface area contributed by atoms with Gasteiger partial charge in [-0.3, -0.25) is 9.59 Å². The Kier molecular flexibility index (Phi) is 5.94. The normalized spacial score (nSPS) is 12.8. The number of hydrogen-bond donors (Lipinski definition) is 2. The summed E-state index contributed by atoms with van der Waals surface area (Å²) in [5.74, 6) is -0.994. The number of carboxylic acid groups (broad SMARTS) is 1. The Balaban J connectivity index is 2.56. The molecule has 0 saturated heterocycles. The molecule has 0 spiro atoms. The van der Waals surface area contributed by atoms with E-state index in [0.29, 0.717) is 12.8 Å². The second-order valence-corrected chi connectivity index (χ2v) is 6.57. The van der Waals surface area contributed by atoms with Crippen molar-refractivity contribution in [3.05, 3.63) is 35.4 Å². The van der Waals surface area contributed by atoms with E-state index in [9.17, 15) is 9.59 Å². The molecule has 0 aliphatic heterocycles. The van der Waals surface area contributed by atoms with Gasteiger partial charge in [0.2, 0.25) is 5.91 Å². The molecule has 0 fully saturated rings. The van der Waals surface area contributed by atoms with E-state index in [1.807, 2.05) is 45.9 Å². The molecule has 1 atom stereocenters. The van der Waals surface area contributed by atoms with Crippen molar-refractivity contribution in [3.8, 4) is 0 Å². The standard InChI is InChI=1S/C17H25NO3/c1-12-6-5-7-13(10-12)8-9-15(19)18-14(11-16(20)21)17(2,3)4/h5-7,10,14H,8-9,11H2,1-4H3,(H,18,19)(H,20,21). The molecule has 0 aliphatic rings. The van der Waals surface area contributed by atoms with Gasteiger partial charge in [-0.25, -0.2) is 0 Å². The predicted octanol–water partition coefficient (Wildman–Crippen LogP) is 2.93. The third-order valence-corrected chi connectivity index (χ3v) is 3.48. The zero-order valence-electron chi connectivity index (χ0n) is 13.3. The summed E-state index contributed by atoms with van der Waals surface area (Å²) < 4.78 is 0. The first-order valence-corrected chi connectivity index (χ1v) is 7.25. The van der Waals surface area contributed by atoms with Gasteiger partial charge in [0.1, 0.15) is 0 Å². The van der Waals surface area contributed by atoms with Crippen LogP contribution in [-0.2, 0) is 16.0 Å². The molecule has 2 N–H and O–H groups in total. The number of rotatable bonds is 6. The second kappa shape index (κ2) is 7.25. The minimum atomic E-state index is -0.895. The van der Waals surface area contributed by atoms with Gasteiger partial charge in [-0.05, 0) is 24.3 Å². The molecule has 1 rings (SSSR count). The molecule has 1 unspecified atom stereocenters. The molecule has 0 saturated carbocycles. The molecule has 0 radical (unpaired) electrons. The number of hydrogen-bond acceptors (Lipinski definition) is 2. The van der Waals surface area contributed by atoms with Crippen LogP contribution in [0.15, 0.2) is 24.3 Å². The van der Waals surface area contributed by atoms with E-state index < -0.39 is 5.97 Å². The Bertz CT molecular complexity index is 503. The first-order chi connectivity index (χ1) is 9.68. The van der Waals surface area contributed by atoms with Crippen LogP contribution in [0.5, 0.6) is 0 Å². The fraction of sp³-hybridized carbons (Fsp3) is 0.529. The highest BCUT2D eigenvalue weighted by Crippen LogP contribution is 2.22. The third-order valence-electron chi connectivity index (χ3n) is 3.48. The SMILES string of the molecule is Cc1cccc(CCC(=O)NC(CC(=O)O)C(C)(C)C)c1. The molecule has 1 amide bonds. The maximum absolute atomic E-state index is 12.0. The lowest BCUT2D eigenvalue weighted by atomic mass is 9.84. The number of aryl methyl sites for hydroxylation is 2. The molecular weight excluding hydrogens is 266 g/mol. The smallest absolute Gasteiger partial charge is 0.305 e. The van der Waals surface area contributed by atoms with Crippen LogP contribution in [0.1, 0.15) is 44.7 Å². The largest absolute Gasteiger partial charge is 0.481 e. The van der Waals surface area contributed by atoms with Crippen molar-refractivity contribution >= 4 is 11.9 Å². The van der Waals surface area contributed by atoms with Gasteiger partial charge in [0, 0.05) is 12.5 Å². The van der Waals surface area contributed by atoms with Crippen LogP contribution in [0.4, 0.5) is 0 Å². The highest BCUT2D eigenvalue weighted by atomic mass is 16.4. The van der Waals surface area contributed by atoms with Gasteiger partial charge in [0.15, 0.2) is 0 Å². The van der Waals surface area contributed by atoms with Crippen molar-refractivity contribution in [3.63, 3.8) is 0 Å². The molecule has 116 valence electrons. The second-order valence-electron chi connectivity index (χ2n) is 6.57. The van der Waals surface area contributed by atoms with Crippen LogP contribution in [0.2, 0.25) is 0 Å². The third kappa shape index (κ3) is 6.43. The molecule has 0 aromatic heterocycles. The molecule has 0 heterocycles. The maximum atomic E-state index is 12.0. The Morgan fingerprint density at radius 1 is 1.29 bits per heavy atom. The van der Waals surface area contributed by atoms with Crippen LogP contribution in [-0.4, -0.2) is 23.0 Å². The van der Waals surface area contributed by atoms with Gasteiger partial charge < -0.3 is 10.4 Å². The number of aliphatic carboxylic acids is 1. The molecule has 1 aromatic rings. The summed E-state index contributed by atoms with van der Waals surface area (Å²) in [6.45, 7) is 7.82. The van der Waals surface area contributed by atoms with E-state index in [1.165, 1.54) is 5.56 Å². The zero-order valence-corrected chi connectivity index (χ0v) is 13.3. The molecular formula is C17H25NO3. The quantitative estimate of drug-likeness (QED) is 0.847. The lowest BCUT2D eigenvalue weighted by Gasteiger charge is -2.30. The topological polar surface area (TPSA) is 66.4 Å². The van der Waals surface area contributed by atoms with E-state index in [2.05, 4.69) is 11.4 Å².